The van der Waals surface area contributed by atoms with Crippen LogP contribution in [0.2, 0.25) is 0 Å². The maximum atomic E-state index is 5.41. The van der Waals surface area contributed by atoms with Crippen molar-refractivity contribution in [2.24, 2.45) is 5.73 Å². The Morgan fingerprint density at radius 3 is 2.77 bits per heavy atom. The van der Waals surface area contributed by atoms with Gasteiger partial charge in [0.1, 0.15) is 0 Å². The lowest BCUT2D eigenvalue weighted by molar-refractivity contribution is 0.919. The quantitative estimate of drug-likeness (QED) is 0.748. The van der Waals surface area contributed by atoms with Crippen molar-refractivity contribution in [1.29, 1.82) is 0 Å². The normalized spacial score (nSPS) is 10.9. The van der Waals surface area contributed by atoms with E-state index in [0.29, 0.717) is 6.54 Å². The van der Waals surface area contributed by atoms with Crippen LogP contribution in [-0.2, 0) is 6.42 Å². The van der Waals surface area contributed by atoms with Gasteiger partial charge in [-0.15, -0.1) is 0 Å². The van der Waals surface area contributed by atoms with Gasteiger partial charge in [-0.1, -0.05) is 49.8 Å². The van der Waals surface area contributed by atoms with Crippen LogP contribution < -0.4 is 5.73 Å². The molecule has 0 saturated carbocycles. The van der Waals surface area contributed by atoms with Gasteiger partial charge in [0.2, 0.25) is 0 Å². The molecule has 70 valence electrons. The van der Waals surface area contributed by atoms with Crippen LogP contribution in [0.15, 0.2) is 30.3 Å². The van der Waals surface area contributed by atoms with Crippen LogP contribution >= 0.6 is 0 Å². The molecule has 1 aromatic rings. The first-order valence-corrected chi connectivity index (χ1v) is 4.83. The van der Waals surface area contributed by atoms with Crippen LogP contribution in [0.1, 0.15) is 24.5 Å². The zero-order chi connectivity index (χ0) is 9.52. The number of benzene rings is 1. The summed E-state index contributed by atoms with van der Waals surface area (Å²) in [6, 6.07) is 8.47. The monoisotopic (exact) mass is 175 g/mol. The molecule has 0 aromatic heterocycles. The molecule has 0 bridgehead atoms. The third-order valence-electron chi connectivity index (χ3n) is 2.01. The zero-order valence-electron chi connectivity index (χ0n) is 8.16. The molecule has 0 unspecified atom stereocenters. The fourth-order valence-electron chi connectivity index (χ4n) is 1.39. The lowest BCUT2D eigenvalue weighted by Gasteiger charge is -2.03. The topological polar surface area (TPSA) is 26.0 Å². The molecule has 1 rings (SSSR count). The fourth-order valence-corrected chi connectivity index (χ4v) is 1.39. The lowest BCUT2D eigenvalue weighted by atomic mass is 10.0. The Bertz CT molecular complexity index is 276. The van der Waals surface area contributed by atoms with Gasteiger partial charge in [0.05, 0.1) is 0 Å². The summed E-state index contributed by atoms with van der Waals surface area (Å²) in [5, 5.41) is 0. The second-order valence-electron chi connectivity index (χ2n) is 3.09. The SMILES string of the molecule is CCCc1ccccc1/C=C\CN. The highest BCUT2D eigenvalue weighted by atomic mass is 14.5. The molecule has 0 amide bonds. The molecular formula is C12H17N. The largest absolute Gasteiger partial charge is 0.327 e. The summed E-state index contributed by atoms with van der Waals surface area (Å²) in [4.78, 5) is 0. The first kappa shape index (κ1) is 10.0. The molecular weight excluding hydrogens is 158 g/mol. The summed E-state index contributed by atoms with van der Waals surface area (Å²) in [6.45, 7) is 2.81. The summed E-state index contributed by atoms with van der Waals surface area (Å²) in [6.07, 6.45) is 6.43. The van der Waals surface area contributed by atoms with Gasteiger partial charge in [-0.25, -0.2) is 0 Å². The van der Waals surface area contributed by atoms with Gasteiger partial charge in [-0.3, -0.25) is 0 Å². The van der Waals surface area contributed by atoms with Crippen molar-refractivity contribution in [1.82, 2.24) is 0 Å². The van der Waals surface area contributed by atoms with Crippen LogP contribution in [-0.4, -0.2) is 6.54 Å². The van der Waals surface area contributed by atoms with E-state index in [0.717, 1.165) is 6.42 Å². The molecule has 0 aliphatic rings. The van der Waals surface area contributed by atoms with Gasteiger partial charge in [0, 0.05) is 6.54 Å². The van der Waals surface area contributed by atoms with Gasteiger partial charge in [-0.05, 0) is 17.5 Å². The second-order valence-corrected chi connectivity index (χ2v) is 3.09. The predicted octanol–water partition coefficient (Wildman–Crippen LogP) is 2.61. The van der Waals surface area contributed by atoms with Crippen molar-refractivity contribution in [2.75, 3.05) is 6.54 Å². The molecule has 0 heterocycles. The summed E-state index contributed by atoms with van der Waals surface area (Å²) in [5.41, 5.74) is 8.13. The smallest absolute Gasteiger partial charge is 0.0110 e. The fraction of sp³-hybridized carbons (Fsp3) is 0.333. The first-order chi connectivity index (χ1) is 6.38. The lowest BCUT2D eigenvalue weighted by Crippen LogP contribution is -1.93. The van der Waals surface area contributed by atoms with E-state index in [1.807, 2.05) is 6.08 Å². The Morgan fingerprint density at radius 1 is 1.31 bits per heavy atom. The maximum Gasteiger partial charge on any atom is 0.0110 e. The molecule has 0 spiro atoms. The predicted molar refractivity (Wildman–Crippen MR) is 58.5 cm³/mol. The number of nitrogens with two attached hydrogens (primary N) is 1. The summed E-state index contributed by atoms with van der Waals surface area (Å²) < 4.78 is 0. The van der Waals surface area contributed by atoms with Crippen molar-refractivity contribution >= 4 is 6.08 Å². The van der Waals surface area contributed by atoms with Crippen LogP contribution in [0.3, 0.4) is 0 Å². The minimum atomic E-state index is 0.612. The van der Waals surface area contributed by atoms with Crippen LogP contribution in [0.4, 0.5) is 0 Å². The molecule has 13 heavy (non-hydrogen) atoms. The molecule has 1 heteroatoms. The van der Waals surface area contributed by atoms with Gasteiger partial charge in [0.25, 0.3) is 0 Å². The van der Waals surface area contributed by atoms with E-state index < -0.39 is 0 Å². The summed E-state index contributed by atoms with van der Waals surface area (Å²) in [5.74, 6) is 0. The Kier molecular flexibility index (Phi) is 4.27. The van der Waals surface area contributed by atoms with Gasteiger partial charge < -0.3 is 5.73 Å². The van der Waals surface area contributed by atoms with Crippen molar-refractivity contribution in [3.8, 4) is 0 Å². The van der Waals surface area contributed by atoms with E-state index in [9.17, 15) is 0 Å². The van der Waals surface area contributed by atoms with Crippen LogP contribution in [0.5, 0.6) is 0 Å². The molecule has 1 aromatic carbocycles. The van der Waals surface area contributed by atoms with Crippen molar-refractivity contribution in [2.45, 2.75) is 19.8 Å². The molecule has 0 fully saturated rings. The third kappa shape index (κ3) is 3.03. The van der Waals surface area contributed by atoms with Crippen LogP contribution in [0, 0.1) is 0 Å². The second kappa shape index (κ2) is 5.55. The Morgan fingerprint density at radius 2 is 2.08 bits per heavy atom. The number of rotatable bonds is 4. The average molecular weight is 175 g/mol. The van der Waals surface area contributed by atoms with E-state index in [4.69, 9.17) is 5.73 Å². The van der Waals surface area contributed by atoms with Crippen molar-refractivity contribution < 1.29 is 0 Å². The van der Waals surface area contributed by atoms with E-state index in [1.165, 1.54) is 17.5 Å². The van der Waals surface area contributed by atoms with E-state index in [2.05, 4.69) is 37.3 Å². The summed E-state index contributed by atoms with van der Waals surface area (Å²) >= 11 is 0. The highest BCUT2D eigenvalue weighted by Gasteiger charge is 1.95. The van der Waals surface area contributed by atoms with Crippen LogP contribution in [0.25, 0.3) is 6.08 Å². The third-order valence-corrected chi connectivity index (χ3v) is 2.01. The van der Waals surface area contributed by atoms with Gasteiger partial charge >= 0.3 is 0 Å². The maximum absolute atomic E-state index is 5.41. The van der Waals surface area contributed by atoms with Crippen molar-refractivity contribution in [3.63, 3.8) is 0 Å². The minimum Gasteiger partial charge on any atom is -0.327 e. The van der Waals surface area contributed by atoms with Gasteiger partial charge in [0.15, 0.2) is 0 Å². The Balaban J connectivity index is 2.84. The molecule has 1 nitrogen and oxygen atoms in total. The molecule has 2 N–H and O–H groups in total. The van der Waals surface area contributed by atoms with Crippen molar-refractivity contribution in [3.05, 3.63) is 41.5 Å². The van der Waals surface area contributed by atoms with E-state index >= 15 is 0 Å². The highest BCUT2D eigenvalue weighted by molar-refractivity contribution is 5.53. The molecule has 0 atom stereocenters. The highest BCUT2D eigenvalue weighted by Crippen LogP contribution is 2.12. The van der Waals surface area contributed by atoms with E-state index in [1.54, 1.807) is 0 Å². The molecule has 0 saturated heterocycles. The number of hydrogen-bond donors (Lipinski definition) is 1. The Hall–Kier alpha value is -1.08. The average Bonchev–Trinajstić information content (AvgIpc) is 2.17. The molecule has 0 aliphatic carbocycles. The minimum absolute atomic E-state index is 0.612. The Labute approximate surface area is 80.3 Å². The molecule has 0 aliphatic heterocycles. The van der Waals surface area contributed by atoms with E-state index in [-0.39, 0.29) is 0 Å². The molecule has 0 radical (unpaired) electrons. The first-order valence-electron chi connectivity index (χ1n) is 4.83. The standard InChI is InChI=1S/C12H17N/c1-2-6-11-7-3-4-8-12(11)9-5-10-13/h3-5,7-9H,2,6,10,13H2,1H3/b9-5-. The zero-order valence-corrected chi connectivity index (χ0v) is 8.16. The number of hydrogen-bond acceptors (Lipinski definition) is 1. The van der Waals surface area contributed by atoms with Gasteiger partial charge in [-0.2, -0.15) is 0 Å². The summed E-state index contributed by atoms with van der Waals surface area (Å²) in [7, 11) is 0. The number of aryl methyl sites for hydroxylation is 1.